The van der Waals surface area contributed by atoms with E-state index in [9.17, 15) is 13.2 Å². The number of hydrogen-bond donors (Lipinski definition) is 2. The van der Waals surface area contributed by atoms with Gasteiger partial charge in [-0.05, 0) is 27.7 Å². The summed E-state index contributed by atoms with van der Waals surface area (Å²) in [6, 6.07) is 2.01. The maximum atomic E-state index is 12.6. The van der Waals surface area contributed by atoms with Crippen LogP contribution < -0.4 is 11.1 Å². The molecule has 1 aromatic rings. The standard InChI is InChI=1S/C13H22F3N5/c1-8(2)21(9(3)4)6-5-18-11-7-10(17)19-12(20-11)13(14,15)16/h7-9H,5-6H2,1-4H3,(H3,17,18,19,20). The summed E-state index contributed by atoms with van der Waals surface area (Å²) >= 11 is 0. The van der Waals surface area contributed by atoms with Crippen molar-refractivity contribution in [3.8, 4) is 0 Å². The first-order valence-electron chi connectivity index (χ1n) is 6.82. The fourth-order valence-corrected chi connectivity index (χ4v) is 2.11. The SMILES string of the molecule is CC(C)N(CCNc1cc(N)nc(C(F)(F)F)n1)C(C)C. The molecular weight excluding hydrogens is 283 g/mol. The molecule has 0 saturated carbocycles. The van der Waals surface area contributed by atoms with Crippen molar-refractivity contribution in [3.05, 3.63) is 11.9 Å². The Morgan fingerprint density at radius 1 is 1.19 bits per heavy atom. The van der Waals surface area contributed by atoms with Gasteiger partial charge in [-0.1, -0.05) is 0 Å². The van der Waals surface area contributed by atoms with Gasteiger partial charge in [-0.3, -0.25) is 4.90 Å². The fraction of sp³-hybridized carbons (Fsp3) is 0.692. The van der Waals surface area contributed by atoms with Crippen LogP contribution in [0, 0.1) is 0 Å². The van der Waals surface area contributed by atoms with Crippen molar-refractivity contribution in [1.29, 1.82) is 0 Å². The molecular formula is C13H22F3N5. The number of aromatic nitrogens is 2. The second kappa shape index (κ2) is 6.93. The van der Waals surface area contributed by atoms with Crippen LogP contribution in [-0.2, 0) is 6.18 Å². The Morgan fingerprint density at radius 2 is 1.76 bits per heavy atom. The smallest absolute Gasteiger partial charge is 0.384 e. The molecule has 0 aliphatic heterocycles. The normalized spacial score (nSPS) is 12.5. The first-order valence-corrected chi connectivity index (χ1v) is 6.82. The summed E-state index contributed by atoms with van der Waals surface area (Å²) in [5, 5.41) is 2.87. The molecule has 1 aromatic heterocycles. The number of nitrogens with zero attached hydrogens (tertiary/aromatic N) is 3. The first kappa shape index (κ1) is 17.5. The maximum absolute atomic E-state index is 12.6. The quantitative estimate of drug-likeness (QED) is 0.845. The average Bonchev–Trinajstić information content (AvgIpc) is 2.31. The van der Waals surface area contributed by atoms with E-state index >= 15 is 0 Å². The van der Waals surface area contributed by atoms with Gasteiger partial charge in [-0.2, -0.15) is 13.2 Å². The molecule has 0 bridgehead atoms. The zero-order valence-electron chi connectivity index (χ0n) is 12.7. The molecule has 3 N–H and O–H groups in total. The van der Waals surface area contributed by atoms with E-state index in [2.05, 4.69) is 47.9 Å². The Kier molecular flexibility index (Phi) is 5.77. The van der Waals surface area contributed by atoms with Gasteiger partial charge in [0.2, 0.25) is 5.82 Å². The molecule has 5 nitrogen and oxygen atoms in total. The van der Waals surface area contributed by atoms with Gasteiger partial charge in [0, 0.05) is 31.2 Å². The van der Waals surface area contributed by atoms with Gasteiger partial charge in [0.05, 0.1) is 0 Å². The highest BCUT2D eigenvalue weighted by Crippen LogP contribution is 2.27. The number of nitrogen functional groups attached to an aromatic ring is 1. The summed E-state index contributed by atoms with van der Waals surface area (Å²) in [6.07, 6.45) is -4.60. The highest BCUT2D eigenvalue weighted by Gasteiger charge is 2.35. The van der Waals surface area contributed by atoms with Crippen LogP contribution in [0.4, 0.5) is 24.8 Å². The average molecular weight is 305 g/mol. The largest absolute Gasteiger partial charge is 0.451 e. The second-order valence-corrected chi connectivity index (χ2v) is 5.35. The first-order chi connectivity index (χ1) is 9.61. The zero-order chi connectivity index (χ0) is 16.2. The monoisotopic (exact) mass is 305 g/mol. The highest BCUT2D eigenvalue weighted by molar-refractivity contribution is 5.44. The van der Waals surface area contributed by atoms with Crippen LogP contribution in [0.2, 0.25) is 0 Å². The Hall–Kier alpha value is -1.57. The minimum absolute atomic E-state index is 0.0855. The van der Waals surface area contributed by atoms with Crippen LogP contribution in [0.15, 0.2) is 6.07 Å². The van der Waals surface area contributed by atoms with Gasteiger partial charge in [0.15, 0.2) is 0 Å². The third-order valence-corrected chi connectivity index (χ3v) is 3.00. The minimum Gasteiger partial charge on any atom is -0.384 e. The third kappa shape index (κ3) is 5.37. The van der Waals surface area contributed by atoms with Gasteiger partial charge in [0.25, 0.3) is 0 Å². The van der Waals surface area contributed by atoms with E-state index in [-0.39, 0.29) is 11.6 Å². The highest BCUT2D eigenvalue weighted by atomic mass is 19.4. The molecule has 0 aromatic carbocycles. The molecule has 0 atom stereocenters. The zero-order valence-corrected chi connectivity index (χ0v) is 12.7. The van der Waals surface area contributed by atoms with E-state index in [4.69, 9.17) is 5.73 Å². The van der Waals surface area contributed by atoms with Crippen molar-refractivity contribution >= 4 is 11.6 Å². The van der Waals surface area contributed by atoms with E-state index in [0.29, 0.717) is 25.2 Å². The molecule has 0 saturated heterocycles. The lowest BCUT2D eigenvalue weighted by molar-refractivity contribution is -0.144. The fourth-order valence-electron chi connectivity index (χ4n) is 2.11. The lowest BCUT2D eigenvalue weighted by Gasteiger charge is -2.30. The lowest BCUT2D eigenvalue weighted by Crippen LogP contribution is -2.40. The molecule has 120 valence electrons. The molecule has 0 spiro atoms. The van der Waals surface area contributed by atoms with Crippen LogP contribution in [0.5, 0.6) is 0 Å². The summed E-state index contributed by atoms with van der Waals surface area (Å²) < 4.78 is 37.8. The van der Waals surface area contributed by atoms with Crippen molar-refractivity contribution in [3.63, 3.8) is 0 Å². The van der Waals surface area contributed by atoms with Crippen molar-refractivity contribution in [1.82, 2.24) is 14.9 Å². The number of halogens is 3. The summed E-state index contributed by atoms with van der Waals surface area (Å²) in [7, 11) is 0. The Balaban J connectivity index is 2.70. The molecule has 0 aliphatic carbocycles. The number of nitrogens with one attached hydrogen (secondary N) is 1. The van der Waals surface area contributed by atoms with E-state index in [1.54, 1.807) is 0 Å². The van der Waals surface area contributed by atoms with Gasteiger partial charge in [0.1, 0.15) is 11.6 Å². The number of rotatable bonds is 6. The molecule has 0 unspecified atom stereocenters. The summed E-state index contributed by atoms with van der Waals surface area (Å²) in [6.45, 7) is 9.47. The summed E-state index contributed by atoms with van der Waals surface area (Å²) in [4.78, 5) is 8.87. The number of hydrogen-bond acceptors (Lipinski definition) is 5. The van der Waals surface area contributed by atoms with Crippen molar-refractivity contribution in [2.24, 2.45) is 0 Å². The molecule has 21 heavy (non-hydrogen) atoms. The molecule has 0 radical (unpaired) electrons. The van der Waals surface area contributed by atoms with E-state index in [1.807, 2.05) is 0 Å². The van der Waals surface area contributed by atoms with Gasteiger partial charge >= 0.3 is 6.18 Å². The molecule has 1 rings (SSSR count). The molecule has 0 amide bonds. The third-order valence-electron chi connectivity index (χ3n) is 3.00. The Morgan fingerprint density at radius 3 is 2.24 bits per heavy atom. The molecule has 8 heteroatoms. The van der Waals surface area contributed by atoms with E-state index < -0.39 is 12.0 Å². The van der Waals surface area contributed by atoms with E-state index in [0.717, 1.165) is 0 Å². The van der Waals surface area contributed by atoms with Gasteiger partial charge < -0.3 is 11.1 Å². The predicted molar refractivity (Wildman–Crippen MR) is 76.9 cm³/mol. The van der Waals surface area contributed by atoms with E-state index in [1.165, 1.54) is 6.07 Å². The van der Waals surface area contributed by atoms with Crippen LogP contribution in [0.25, 0.3) is 0 Å². The van der Waals surface area contributed by atoms with Crippen LogP contribution >= 0.6 is 0 Å². The van der Waals surface area contributed by atoms with Crippen molar-refractivity contribution in [2.45, 2.75) is 46.0 Å². The summed E-state index contributed by atoms with van der Waals surface area (Å²) in [5.74, 6) is -1.35. The molecule has 0 fully saturated rings. The summed E-state index contributed by atoms with van der Waals surface area (Å²) in [5.41, 5.74) is 5.38. The number of alkyl halides is 3. The molecule has 1 heterocycles. The van der Waals surface area contributed by atoms with Gasteiger partial charge in [-0.15, -0.1) is 0 Å². The minimum atomic E-state index is -4.60. The Labute approximate surface area is 122 Å². The van der Waals surface area contributed by atoms with Gasteiger partial charge in [-0.25, -0.2) is 9.97 Å². The topological polar surface area (TPSA) is 67.1 Å². The number of anilines is 2. The molecule has 0 aliphatic rings. The van der Waals surface area contributed by atoms with Crippen molar-refractivity contribution in [2.75, 3.05) is 24.1 Å². The van der Waals surface area contributed by atoms with Crippen LogP contribution in [-0.4, -0.2) is 40.0 Å². The second-order valence-electron chi connectivity index (χ2n) is 5.35. The van der Waals surface area contributed by atoms with Crippen LogP contribution in [0.1, 0.15) is 33.5 Å². The van der Waals surface area contributed by atoms with Crippen LogP contribution in [0.3, 0.4) is 0 Å². The maximum Gasteiger partial charge on any atom is 0.451 e. The predicted octanol–water partition coefficient (Wildman–Crippen LogP) is 2.61. The lowest BCUT2D eigenvalue weighted by atomic mass is 10.2. The Bertz CT molecular complexity index is 452. The number of nitrogens with two attached hydrogens (primary N) is 1. The van der Waals surface area contributed by atoms with Crippen molar-refractivity contribution < 1.29 is 13.2 Å².